The van der Waals surface area contributed by atoms with E-state index in [1.165, 1.54) is 0 Å². The van der Waals surface area contributed by atoms with Crippen molar-refractivity contribution in [2.45, 2.75) is 39.3 Å². The lowest BCUT2D eigenvalue weighted by Crippen LogP contribution is -2.25. The molecule has 22 heavy (non-hydrogen) atoms. The van der Waals surface area contributed by atoms with Crippen molar-refractivity contribution < 1.29 is 9.84 Å². The Hall–Kier alpha value is -2.07. The van der Waals surface area contributed by atoms with Crippen LogP contribution in [-0.4, -0.2) is 16.8 Å². The fourth-order valence-corrected chi connectivity index (χ4v) is 2.58. The first kappa shape index (κ1) is 16.3. The van der Waals surface area contributed by atoms with E-state index < -0.39 is 0 Å². The SMILES string of the molecule is CCCCCn1c(-c2ccccc2OC)ccc(CO)c1=O. The zero-order valence-electron chi connectivity index (χ0n) is 13.2. The molecular formula is C18H23NO3. The molecule has 4 nitrogen and oxygen atoms in total. The van der Waals surface area contributed by atoms with E-state index in [4.69, 9.17) is 4.74 Å². The van der Waals surface area contributed by atoms with Gasteiger partial charge in [0.25, 0.3) is 5.56 Å². The molecule has 0 aliphatic carbocycles. The maximum Gasteiger partial charge on any atom is 0.256 e. The number of rotatable bonds is 7. The molecule has 1 heterocycles. The molecule has 0 radical (unpaired) electrons. The highest BCUT2D eigenvalue weighted by Gasteiger charge is 2.13. The van der Waals surface area contributed by atoms with Gasteiger partial charge in [0.15, 0.2) is 0 Å². The van der Waals surface area contributed by atoms with Crippen molar-refractivity contribution in [2.24, 2.45) is 0 Å². The molecule has 4 heteroatoms. The first-order valence-corrected chi connectivity index (χ1v) is 7.69. The van der Waals surface area contributed by atoms with Crippen LogP contribution in [0.2, 0.25) is 0 Å². The number of aromatic nitrogens is 1. The molecule has 2 rings (SSSR count). The van der Waals surface area contributed by atoms with Crippen LogP contribution in [0.25, 0.3) is 11.3 Å². The first-order valence-electron chi connectivity index (χ1n) is 7.69. The van der Waals surface area contributed by atoms with Crippen LogP contribution in [0.15, 0.2) is 41.2 Å². The minimum atomic E-state index is -0.237. The Kier molecular flexibility index (Phi) is 5.78. The molecule has 0 amide bonds. The van der Waals surface area contributed by atoms with Crippen LogP contribution in [0.1, 0.15) is 31.7 Å². The number of pyridine rings is 1. The van der Waals surface area contributed by atoms with Crippen LogP contribution in [0.5, 0.6) is 5.75 Å². The van der Waals surface area contributed by atoms with Gasteiger partial charge < -0.3 is 14.4 Å². The van der Waals surface area contributed by atoms with Gasteiger partial charge in [0.1, 0.15) is 5.75 Å². The number of nitrogens with zero attached hydrogens (tertiary/aromatic N) is 1. The van der Waals surface area contributed by atoms with Crippen molar-refractivity contribution in [3.8, 4) is 17.0 Å². The van der Waals surface area contributed by atoms with Gasteiger partial charge in [0.2, 0.25) is 0 Å². The van der Waals surface area contributed by atoms with E-state index in [9.17, 15) is 9.90 Å². The normalized spacial score (nSPS) is 10.7. The number of methoxy groups -OCH3 is 1. The smallest absolute Gasteiger partial charge is 0.256 e. The van der Waals surface area contributed by atoms with Crippen LogP contribution < -0.4 is 10.3 Å². The Morgan fingerprint density at radius 1 is 1.14 bits per heavy atom. The van der Waals surface area contributed by atoms with Crippen molar-refractivity contribution in [1.82, 2.24) is 4.57 Å². The molecule has 0 unspecified atom stereocenters. The minimum Gasteiger partial charge on any atom is -0.496 e. The molecule has 0 aliphatic heterocycles. The summed E-state index contributed by atoms with van der Waals surface area (Å²) in [5.74, 6) is 0.739. The Bertz CT molecular complexity index is 676. The Morgan fingerprint density at radius 2 is 1.91 bits per heavy atom. The maximum atomic E-state index is 12.6. The average molecular weight is 301 g/mol. The van der Waals surface area contributed by atoms with E-state index in [2.05, 4.69) is 6.92 Å². The standard InChI is InChI=1S/C18H23NO3/c1-3-4-7-12-19-16(11-10-14(13-20)18(19)21)15-8-5-6-9-17(15)22-2/h5-6,8-11,20H,3-4,7,12-13H2,1-2H3. The van der Waals surface area contributed by atoms with E-state index in [0.717, 1.165) is 36.3 Å². The average Bonchev–Trinajstić information content (AvgIpc) is 2.56. The lowest BCUT2D eigenvalue weighted by Gasteiger charge is -2.16. The van der Waals surface area contributed by atoms with E-state index in [0.29, 0.717) is 12.1 Å². The van der Waals surface area contributed by atoms with Gasteiger partial charge in [-0.1, -0.05) is 31.9 Å². The van der Waals surface area contributed by atoms with Gasteiger partial charge in [-0.05, 0) is 30.7 Å². The molecule has 0 spiro atoms. The van der Waals surface area contributed by atoms with Gasteiger partial charge in [0.05, 0.1) is 19.4 Å². The summed E-state index contributed by atoms with van der Waals surface area (Å²) < 4.78 is 7.16. The number of benzene rings is 1. The molecule has 0 saturated heterocycles. The number of aliphatic hydroxyl groups excluding tert-OH is 1. The van der Waals surface area contributed by atoms with Crippen molar-refractivity contribution >= 4 is 0 Å². The van der Waals surface area contributed by atoms with E-state index in [-0.39, 0.29) is 12.2 Å². The molecule has 0 fully saturated rings. The predicted molar refractivity (Wildman–Crippen MR) is 88.1 cm³/mol. The summed E-state index contributed by atoms with van der Waals surface area (Å²) in [4.78, 5) is 12.6. The van der Waals surface area contributed by atoms with Gasteiger partial charge in [-0.25, -0.2) is 0 Å². The zero-order valence-corrected chi connectivity index (χ0v) is 13.2. The Labute approximate surface area is 131 Å². The third-order valence-corrected chi connectivity index (χ3v) is 3.79. The second-order valence-corrected chi connectivity index (χ2v) is 5.27. The fraction of sp³-hybridized carbons (Fsp3) is 0.389. The van der Waals surface area contributed by atoms with Crippen LogP contribution in [0.3, 0.4) is 0 Å². The summed E-state index contributed by atoms with van der Waals surface area (Å²) in [5, 5.41) is 9.34. The van der Waals surface area contributed by atoms with Gasteiger partial charge in [-0.2, -0.15) is 0 Å². The largest absolute Gasteiger partial charge is 0.496 e. The van der Waals surface area contributed by atoms with Gasteiger partial charge in [-0.3, -0.25) is 4.79 Å². The van der Waals surface area contributed by atoms with Crippen LogP contribution in [0, 0.1) is 0 Å². The maximum absolute atomic E-state index is 12.6. The zero-order chi connectivity index (χ0) is 15.9. The van der Waals surface area contributed by atoms with E-state index >= 15 is 0 Å². The molecule has 1 N–H and O–H groups in total. The molecular weight excluding hydrogens is 278 g/mol. The summed E-state index contributed by atoms with van der Waals surface area (Å²) in [7, 11) is 1.63. The summed E-state index contributed by atoms with van der Waals surface area (Å²) in [5.41, 5.74) is 2.02. The second kappa shape index (κ2) is 7.80. The Balaban J connectivity index is 2.54. The molecule has 118 valence electrons. The summed E-state index contributed by atoms with van der Waals surface area (Å²) in [6, 6.07) is 11.2. The van der Waals surface area contributed by atoms with Crippen molar-refractivity contribution in [3.63, 3.8) is 0 Å². The van der Waals surface area contributed by atoms with Crippen LogP contribution >= 0.6 is 0 Å². The minimum absolute atomic E-state index is 0.123. The lowest BCUT2D eigenvalue weighted by atomic mass is 10.1. The Morgan fingerprint density at radius 3 is 2.59 bits per heavy atom. The molecule has 0 atom stereocenters. The predicted octanol–water partition coefficient (Wildman–Crippen LogP) is 3.21. The van der Waals surface area contributed by atoms with Gasteiger partial charge in [0, 0.05) is 17.7 Å². The molecule has 0 bridgehead atoms. The third-order valence-electron chi connectivity index (χ3n) is 3.79. The first-order chi connectivity index (χ1) is 10.7. The monoisotopic (exact) mass is 301 g/mol. The topological polar surface area (TPSA) is 51.5 Å². The highest BCUT2D eigenvalue weighted by Crippen LogP contribution is 2.29. The third kappa shape index (κ3) is 3.39. The number of para-hydroxylation sites is 1. The molecule has 2 aromatic rings. The van der Waals surface area contributed by atoms with Crippen LogP contribution in [0.4, 0.5) is 0 Å². The summed E-state index contributed by atoms with van der Waals surface area (Å²) in [6.45, 7) is 2.54. The highest BCUT2D eigenvalue weighted by molar-refractivity contribution is 5.67. The van der Waals surface area contributed by atoms with Crippen molar-refractivity contribution in [3.05, 3.63) is 52.3 Å². The number of ether oxygens (including phenoxy) is 1. The molecule has 1 aromatic heterocycles. The second-order valence-electron chi connectivity index (χ2n) is 5.27. The number of aliphatic hydroxyl groups is 1. The van der Waals surface area contributed by atoms with Crippen LogP contribution in [-0.2, 0) is 13.2 Å². The number of hydrogen-bond acceptors (Lipinski definition) is 3. The fourth-order valence-electron chi connectivity index (χ4n) is 2.58. The summed E-state index contributed by atoms with van der Waals surface area (Å²) >= 11 is 0. The van der Waals surface area contributed by atoms with E-state index in [1.54, 1.807) is 17.7 Å². The van der Waals surface area contributed by atoms with Gasteiger partial charge in [-0.15, -0.1) is 0 Å². The van der Waals surface area contributed by atoms with Crippen molar-refractivity contribution in [2.75, 3.05) is 7.11 Å². The lowest BCUT2D eigenvalue weighted by molar-refractivity contribution is 0.279. The van der Waals surface area contributed by atoms with Gasteiger partial charge >= 0.3 is 0 Å². The highest BCUT2D eigenvalue weighted by atomic mass is 16.5. The quantitative estimate of drug-likeness (QED) is 0.799. The molecule has 0 aliphatic rings. The number of unbranched alkanes of at least 4 members (excludes halogenated alkanes) is 2. The van der Waals surface area contributed by atoms with E-state index in [1.807, 2.05) is 30.3 Å². The summed E-state index contributed by atoms with van der Waals surface area (Å²) in [6.07, 6.45) is 3.10. The molecule has 0 saturated carbocycles. The van der Waals surface area contributed by atoms with Crippen molar-refractivity contribution in [1.29, 1.82) is 0 Å². The molecule has 1 aromatic carbocycles. The number of hydrogen-bond donors (Lipinski definition) is 1.